The van der Waals surface area contributed by atoms with E-state index in [1.54, 1.807) is 24.3 Å². The van der Waals surface area contributed by atoms with E-state index in [2.05, 4.69) is 10.2 Å². The van der Waals surface area contributed by atoms with E-state index in [0.29, 0.717) is 10.6 Å². The van der Waals surface area contributed by atoms with Crippen molar-refractivity contribution in [2.45, 2.75) is 13.5 Å². The Kier molecular flexibility index (Phi) is 4.94. The van der Waals surface area contributed by atoms with Crippen LogP contribution < -0.4 is 0 Å². The minimum absolute atomic E-state index is 0.103. The highest BCUT2D eigenvalue weighted by Gasteiger charge is 2.20. The van der Waals surface area contributed by atoms with Gasteiger partial charge in [0.15, 0.2) is 6.61 Å². The largest absolute Gasteiger partial charge is 0.452 e. The van der Waals surface area contributed by atoms with Gasteiger partial charge in [0, 0.05) is 22.2 Å². The summed E-state index contributed by atoms with van der Waals surface area (Å²) < 4.78 is 10.6. The van der Waals surface area contributed by atoms with E-state index in [1.165, 1.54) is 25.1 Å². The summed E-state index contributed by atoms with van der Waals surface area (Å²) in [6.45, 7) is 1.24. The molecule has 0 aliphatic rings. The van der Waals surface area contributed by atoms with Crippen LogP contribution >= 0.6 is 11.6 Å². The Hall–Kier alpha value is -3.26. The fourth-order valence-electron chi connectivity index (χ4n) is 2.27. The van der Waals surface area contributed by atoms with Crippen molar-refractivity contribution in [3.63, 3.8) is 0 Å². The second-order valence-corrected chi connectivity index (χ2v) is 5.73. The lowest BCUT2D eigenvalue weighted by Crippen LogP contribution is -2.08. The highest BCUT2D eigenvalue weighted by Crippen LogP contribution is 2.23. The van der Waals surface area contributed by atoms with Crippen molar-refractivity contribution in [3.05, 3.63) is 74.6 Å². The number of ether oxygens (including phenoxy) is 1. The van der Waals surface area contributed by atoms with Crippen LogP contribution in [0.4, 0.5) is 5.69 Å². The first-order valence-electron chi connectivity index (χ1n) is 7.45. The lowest BCUT2D eigenvalue weighted by atomic mass is 10.1. The van der Waals surface area contributed by atoms with E-state index in [9.17, 15) is 14.9 Å². The molecule has 2 aromatic carbocycles. The number of aromatic nitrogens is 2. The van der Waals surface area contributed by atoms with Gasteiger partial charge in [-0.2, -0.15) is 0 Å². The number of nitro benzene ring substituents is 1. The van der Waals surface area contributed by atoms with Crippen LogP contribution in [-0.2, 0) is 11.3 Å². The number of carbonyl (C=O) groups excluding carboxylic acids is 1. The normalized spacial score (nSPS) is 10.5. The molecule has 0 spiro atoms. The Balaban J connectivity index is 1.70. The molecule has 9 heteroatoms. The first-order valence-corrected chi connectivity index (χ1v) is 7.83. The minimum atomic E-state index is -0.711. The van der Waals surface area contributed by atoms with Crippen LogP contribution in [0, 0.1) is 17.0 Å². The minimum Gasteiger partial charge on any atom is -0.452 e. The topological polar surface area (TPSA) is 108 Å². The van der Waals surface area contributed by atoms with E-state index < -0.39 is 10.9 Å². The summed E-state index contributed by atoms with van der Waals surface area (Å²) >= 11 is 5.82. The number of nitrogens with zero attached hydrogens (tertiary/aromatic N) is 3. The molecular formula is C17H12ClN3O5. The Morgan fingerprint density at radius 3 is 2.65 bits per heavy atom. The molecular weight excluding hydrogens is 362 g/mol. The van der Waals surface area contributed by atoms with Gasteiger partial charge in [-0.1, -0.05) is 17.7 Å². The molecule has 0 radical (unpaired) electrons. The number of halogens is 1. The third-order valence-electron chi connectivity index (χ3n) is 3.61. The van der Waals surface area contributed by atoms with Gasteiger partial charge in [0.25, 0.3) is 11.6 Å². The van der Waals surface area contributed by atoms with Crippen LogP contribution in [0.5, 0.6) is 0 Å². The van der Waals surface area contributed by atoms with Crippen LogP contribution in [0.2, 0.25) is 5.02 Å². The summed E-state index contributed by atoms with van der Waals surface area (Å²) in [5.41, 5.74) is 0.864. The van der Waals surface area contributed by atoms with Crippen LogP contribution in [-0.4, -0.2) is 21.1 Å². The number of nitro groups is 1. The Bertz CT molecular complexity index is 969. The van der Waals surface area contributed by atoms with Crippen LogP contribution in [0.15, 0.2) is 46.9 Å². The molecule has 1 heterocycles. The maximum absolute atomic E-state index is 12.2. The summed E-state index contributed by atoms with van der Waals surface area (Å²) in [7, 11) is 0. The van der Waals surface area contributed by atoms with Crippen LogP contribution in [0.25, 0.3) is 11.5 Å². The van der Waals surface area contributed by atoms with E-state index >= 15 is 0 Å². The molecule has 0 N–H and O–H groups in total. The van der Waals surface area contributed by atoms with Crippen molar-refractivity contribution in [2.75, 3.05) is 0 Å². The van der Waals surface area contributed by atoms with Gasteiger partial charge < -0.3 is 9.15 Å². The molecule has 26 heavy (non-hydrogen) atoms. The van der Waals surface area contributed by atoms with E-state index in [4.69, 9.17) is 20.8 Å². The number of hydrogen-bond donors (Lipinski definition) is 0. The lowest BCUT2D eigenvalue weighted by Gasteiger charge is -2.05. The summed E-state index contributed by atoms with van der Waals surface area (Å²) in [6.07, 6.45) is 0. The smallest absolute Gasteiger partial charge is 0.339 e. The molecule has 1 aromatic heterocycles. The summed E-state index contributed by atoms with van der Waals surface area (Å²) in [4.78, 5) is 22.6. The Morgan fingerprint density at radius 1 is 1.23 bits per heavy atom. The fourth-order valence-corrected chi connectivity index (χ4v) is 2.39. The maximum Gasteiger partial charge on any atom is 0.339 e. The van der Waals surface area contributed by atoms with Gasteiger partial charge in [-0.15, -0.1) is 10.2 Å². The molecule has 3 rings (SSSR count). The zero-order valence-corrected chi connectivity index (χ0v) is 14.3. The molecule has 0 saturated carbocycles. The third-order valence-corrected chi connectivity index (χ3v) is 3.86. The number of benzene rings is 2. The number of rotatable bonds is 5. The van der Waals surface area contributed by atoms with Gasteiger partial charge in [0.1, 0.15) is 0 Å². The standard InChI is InChI=1S/C17H12ClN3O5/c1-10-13(3-2-4-14(10)21(23)24)17(22)25-9-15-19-20-16(26-15)11-5-7-12(18)8-6-11/h2-8H,9H2,1H3. The molecule has 0 fully saturated rings. The van der Waals surface area contributed by atoms with Crippen molar-refractivity contribution in [1.82, 2.24) is 10.2 Å². The molecule has 0 unspecified atom stereocenters. The van der Waals surface area contributed by atoms with Crippen molar-refractivity contribution in [3.8, 4) is 11.5 Å². The Labute approximate surface area is 152 Å². The van der Waals surface area contributed by atoms with Crippen LogP contribution in [0.3, 0.4) is 0 Å². The van der Waals surface area contributed by atoms with Crippen molar-refractivity contribution in [2.24, 2.45) is 0 Å². The summed E-state index contributed by atoms with van der Waals surface area (Å²) in [5.74, 6) is -0.344. The van der Waals surface area contributed by atoms with Crippen molar-refractivity contribution < 1.29 is 18.9 Å². The van der Waals surface area contributed by atoms with Gasteiger partial charge >= 0.3 is 5.97 Å². The van der Waals surface area contributed by atoms with Crippen LogP contribution in [0.1, 0.15) is 21.8 Å². The highest BCUT2D eigenvalue weighted by atomic mass is 35.5. The third kappa shape index (κ3) is 3.70. The number of carbonyl (C=O) groups is 1. The molecule has 0 aliphatic heterocycles. The second-order valence-electron chi connectivity index (χ2n) is 5.29. The predicted octanol–water partition coefficient (Wildman–Crippen LogP) is 3.96. The maximum atomic E-state index is 12.2. The average Bonchev–Trinajstić information content (AvgIpc) is 3.09. The molecule has 0 bridgehead atoms. The molecule has 3 aromatic rings. The van der Waals surface area contributed by atoms with Crippen molar-refractivity contribution in [1.29, 1.82) is 0 Å². The number of hydrogen-bond acceptors (Lipinski definition) is 7. The second kappa shape index (κ2) is 7.32. The Morgan fingerprint density at radius 2 is 1.96 bits per heavy atom. The van der Waals surface area contributed by atoms with Gasteiger partial charge in [-0.3, -0.25) is 10.1 Å². The molecule has 0 aliphatic carbocycles. The summed E-state index contributed by atoms with van der Waals surface area (Å²) in [5, 5.41) is 19.2. The van der Waals surface area contributed by atoms with E-state index in [0.717, 1.165) is 0 Å². The lowest BCUT2D eigenvalue weighted by molar-refractivity contribution is -0.385. The monoisotopic (exact) mass is 373 g/mol. The average molecular weight is 374 g/mol. The zero-order chi connectivity index (χ0) is 18.7. The highest BCUT2D eigenvalue weighted by molar-refractivity contribution is 6.30. The first-order chi connectivity index (χ1) is 12.5. The molecule has 0 amide bonds. The molecule has 0 atom stereocenters. The SMILES string of the molecule is Cc1c(C(=O)OCc2nnc(-c3ccc(Cl)cc3)o2)cccc1[N+](=O)[O-]. The first kappa shape index (κ1) is 17.6. The fraction of sp³-hybridized carbons (Fsp3) is 0.118. The quantitative estimate of drug-likeness (QED) is 0.378. The molecule has 132 valence electrons. The van der Waals surface area contributed by atoms with E-state index in [1.807, 2.05) is 0 Å². The van der Waals surface area contributed by atoms with Crippen molar-refractivity contribution >= 4 is 23.3 Å². The van der Waals surface area contributed by atoms with Gasteiger partial charge in [0.2, 0.25) is 5.89 Å². The van der Waals surface area contributed by atoms with Gasteiger partial charge in [-0.25, -0.2) is 4.79 Å². The summed E-state index contributed by atoms with van der Waals surface area (Å²) in [6, 6.07) is 11.0. The molecule has 8 nitrogen and oxygen atoms in total. The van der Waals surface area contributed by atoms with E-state index in [-0.39, 0.29) is 35.2 Å². The predicted molar refractivity (Wildman–Crippen MR) is 91.7 cm³/mol. The van der Waals surface area contributed by atoms with Gasteiger partial charge in [-0.05, 0) is 37.3 Å². The molecule has 0 saturated heterocycles. The zero-order valence-electron chi connectivity index (χ0n) is 13.5. The van der Waals surface area contributed by atoms with Gasteiger partial charge in [0.05, 0.1) is 10.5 Å². The number of esters is 1.